The highest BCUT2D eigenvalue weighted by Gasteiger charge is 2.47. The second-order valence-corrected chi connectivity index (χ2v) is 7.35. The van der Waals surface area contributed by atoms with Gasteiger partial charge in [-0.2, -0.15) is 0 Å². The van der Waals surface area contributed by atoms with Crippen LogP contribution in [0.15, 0.2) is 41.0 Å². The van der Waals surface area contributed by atoms with Crippen molar-refractivity contribution >= 4 is 5.91 Å². The Labute approximate surface area is 148 Å². The number of piperidine rings is 1. The molecule has 1 aliphatic carbocycles. The molecule has 2 atom stereocenters. The van der Waals surface area contributed by atoms with E-state index in [1.165, 1.54) is 11.1 Å². The van der Waals surface area contributed by atoms with Gasteiger partial charge in [-0.15, -0.1) is 0 Å². The van der Waals surface area contributed by atoms with Gasteiger partial charge in [0.2, 0.25) is 5.91 Å². The van der Waals surface area contributed by atoms with Crippen molar-refractivity contribution in [3.8, 4) is 5.75 Å². The lowest BCUT2D eigenvalue weighted by Crippen LogP contribution is -2.42. The summed E-state index contributed by atoms with van der Waals surface area (Å²) in [7, 11) is 0. The molecule has 1 amide bonds. The number of likely N-dealkylation sites (tertiary alicyclic amines) is 1. The number of benzene rings is 1. The Morgan fingerprint density at radius 3 is 2.64 bits per heavy atom. The summed E-state index contributed by atoms with van der Waals surface area (Å²) in [5, 5.41) is 0. The number of hydrogen-bond donors (Lipinski definition) is 0. The zero-order chi connectivity index (χ0) is 17.4. The molecule has 132 valence electrons. The third-order valence-corrected chi connectivity index (χ3v) is 5.55. The monoisotopic (exact) mass is 339 g/mol. The van der Waals surface area contributed by atoms with Crippen molar-refractivity contribution < 1.29 is 13.9 Å². The van der Waals surface area contributed by atoms with Crippen molar-refractivity contribution in [3.05, 3.63) is 53.5 Å². The van der Waals surface area contributed by atoms with E-state index in [1.54, 1.807) is 6.26 Å². The van der Waals surface area contributed by atoms with Crippen LogP contribution in [0.2, 0.25) is 0 Å². The van der Waals surface area contributed by atoms with Gasteiger partial charge < -0.3 is 14.1 Å². The topological polar surface area (TPSA) is 42.7 Å². The average Bonchev–Trinajstić information content (AvgIpc) is 3.23. The molecule has 25 heavy (non-hydrogen) atoms. The molecule has 2 unspecified atom stereocenters. The van der Waals surface area contributed by atoms with Crippen LogP contribution in [0, 0.1) is 19.8 Å². The van der Waals surface area contributed by atoms with E-state index >= 15 is 0 Å². The molecular weight excluding hydrogens is 314 g/mol. The van der Waals surface area contributed by atoms with Gasteiger partial charge in [0.05, 0.1) is 6.26 Å². The van der Waals surface area contributed by atoms with E-state index in [1.807, 2.05) is 23.1 Å². The Morgan fingerprint density at radius 2 is 1.96 bits per heavy atom. The lowest BCUT2D eigenvalue weighted by Gasteiger charge is -2.32. The second kappa shape index (κ2) is 6.58. The molecule has 2 fully saturated rings. The Balaban J connectivity index is 1.28. The van der Waals surface area contributed by atoms with Crippen LogP contribution in [0.4, 0.5) is 0 Å². The van der Waals surface area contributed by atoms with Gasteiger partial charge in [-0.1, -0.05) is 6.07 Å². The van der Waals surface area contributed by atoms with Gasteiger partial charge in [0, 0.05) is 37.8 Å². The average molecular weight is 339 g/mol. The second-order valence-electron chi connectivity index (χ2n) is 7.35. The first-order valence-corrected chi connectivity index (χ1v) is 9.18. The number of aryl methyl sites for hydroxylation is 2. The molecule has 0 bridgehead atoms. The van der Waals surface area contributed by atoms with Crippen LogP contribution in [0.5, 0.6) is 5.75 Å². The fourth-order valence-corrected chi connectivity index (χ4v) is 3.69. The third-order valence-electron chi connectivity index (χ3n) is 5.55. The number of nitrogens with zero attached hydrogens (tertiary/aromatic N) is 1. The van der Waals surface area contributed by atoms with Crippen LogP contribution in [-0.2, 0) is 4.79 Å². The standard InChI is InChI=1S/C21H25NO3/c1-14-5-6-17(12-15(14)2)25-16-7-9-22(10-8-16)21(23)19-13-18(19)20-4-3-11-24-20/h3-6,11-12,16,18-19H,7-10,13H2,1-2H3. The maximum absolute atomic E-state index is 12.7. The van der Waals surface area contributed by atoms with Crippen LogP contribution in [0.3, 0.4) is 0 Å². The molecule has 4 nitrogen and oxygen atoms in total. The highest BCUT2D eigenvalue weighted by Crippen LogP contribution is 2.48. The molecule has 2 aromatic rings. The first-order chi connectivity index (χ1) is 12.1. The van der Waals surface area contributed by atoms with Crippen molar-refractivity contribution in [2.24, 2.45) is 5.92 Å². The van der Waals surface area contributed by atoms with E-state index in [2.05, 4.69) is 26.0 Å². The molecule has 4 rings (SSSR count). The fourth-order valence-electron chi connectivity index (χ4n) is 3.69. The van der Waals surface area contributed by atoms with Gasteiger partial charge in [-0.3, -0.25) is 4.79 Å². The van der Waals surface area contributed by atoms with Gasteiger partial charge >= 0.3 is 0 Å². The van der Waals surface area contributed by atoms with Crippen molar-refractivity contribution in [1.82, 2.24) is 4.90 Å². The molecule has 0 N–H and O–H groups in total. The molecule has 0 spiro atoms. The van der Waals surface area contributed by atoms with Crippen LogP contribution in [0.1, 0.15) is 42.1 Å². The van der Waals surface area contributed by atoms with E-state index in [-0.39, 0.29) is 23.8 Å². The molecule has 1 aromatic heterocycles. The van der Waals surface area contributed by atoms with E-state index < -0.39 is 0 Å². The molecule has 1 saturated heterocycles. The number of furan rings is 1. The number of carbonyl (C=O) groups excluding carboxylic acids is 1. The van der Waals surface area contributed by atoms with Gasteiger partial charge in [0.25, 0.3) is 0 Å². The van der Waals surface area contributed by atoms with Gasteiger partial charge in [0.1, 0.15) is 17.6 Å². The Bertz CT molecular complexity index is 745. The molecular formula is C21H25NO3. The van der Waals surface area contributed by atoms with Crippen LogP contribution in [0.25, 0.3) is 0 Å². The van der Waals surface area contributed by atoms with Gasteiger partial charge in [0.15, 0.2) is 0 Å². The van der Waals surface area contributed by atoms with Crippen molar-refractivity contribution in [2.45, 2.75) is 45.1 Å². The van der Waals surface area contributed by atoms with Crippen molar-refractivity contribution in [2.75, 3.05) is 13.1 Å². The first-order valence-electron chi connectivity index (χ1n) is 9.18. The molecule has 1 aliphatic heterocycles. The minimum atomic E-state index is 0.114. The fraction of sp³-hybridized carbons (Fsp3) is 0.476. The van der Waals surface area contributed by atoms with Crippen molar-refractivity contribution in [1.29, 1.82) is 0 Å². The van der Waals surface area contributed by atoms with Crippen LogP contribution < -0.4 is 4.74 Å². The summed E-state index contributed by atoms with van der Waals surface area (Å²) in [6, 6.07) is 10.1. The normalized spacial score (nSPS) is 23.5. The minimum Gasteiger partial charge on any atom is -0.490 e. The van der Waals surface area contributed by atoms with Crippen molar-refractivity contribution in [3.63, 3.8) is 0 Å². The summed E-state index contributed by atoms with van der Waals surface area (Å²) in [5.41, 5.74) is 2.53. The zero-order valence-electron chi connectivity index (χ0n) is 14.9. The highest BCUT2D eigenvalue weighted by atomic mass is 16.5. The zero-order valence-corrected chi connectivity index (χ0v) is 14.9. The summed E-state index contributed by atoms with van der Waals surface area (Å²) in [6.45, 7) is 5.79. The molecule has 1 aromatic carbocycles. The van der Waals surface area contributed by atoms with Gasteiger partial charge in [-0.25, -0.2) is 0 Å². The number of ether oxygens (including phenoxy) is 1. The van der Waals surface area contributed by atoms with Crippen LogP contribution >= 0.6 is 0 Å². The number of carbonyl (C=O) groups is 1. The summed E-state index contributed by atoms with van der Waals surface area (Å²) >= 11 is 0. The predicted molar refractivity (Wildman–Crippen MR) is 95.7 cm³/mol. The molecule has 4 heteroatoms. The minimum absolute atomic E-state index is 0.114. The maximum Gasteiger partial charge on any atom is 0.226 e. The Hall–Kier alpha value is -2.23. The van der Waals surface area contributed by atoms with E-state index in [9.17, 15) is 4.79 Å². The molecule has 2 heterocycles. The van der Waals surface area contributed by atoms with Crippen LogP contribution in [-0.4, -0.2) is 30.0 Å². The summed E-state index contributed by atoms with van der Waals surface area (Å²) < 4.78 is 11.6. The van der Waals surface area contributed by atoms with E-state index in [0.29, 0.717) is 0 Å². The smallest absolute Gasteiger partial charge is 0.226 e. The third kappa shape index (κ3) is 3.44. The quantitative estimate of drug-likeness (QED) is 0.843. The Kier molecular flexibility index (Phi) is 4.28. The lowest BCUT2D eigenvalue weighted by molar-refractivity contribution is -0.134. The van der Waals surface area contributed by atoms with Gasteiger partial charge in [-0.05, 0) is 55.7 Å². The molecule has 2 aliphatic rings. The Morgan fingerprint density at radius 1 is 1.16 bits per heavy atom. The first kappa shape index (κ1) is 16.2. The van der Waals surface area contributed by atoms with E-state index in [4.69, 9.17) is 9.15 Å². The predicted octanol–water partition coefficient (Wildman–Crippen LogP) is 4.07. The number of rotatable bonds is 4. The largest absolute Gasteiger partial charge is 0.490 e. The summed E-state index contributed by atoms with van der Waals surface area (Å²) in [4.78, 5) is 14.7. The molecule has 0 radical (unpaired) electrons. The van der Waals surface area contributed by atoms with E-state index in [0.717, 1.165) is 43.9 Å². The highest BCUT2D eigenvalue weighted by molar-refractivity contribution is 5.83. The number of amides is 1. The lowest BCUT2D eigenvalue weighted by atomic mass is 10.1. The SMILES string of the molecule is Cc1ccc(OC2CCN(C(=O)C3CC3c3ccco3)CC2)cc1C. The summed E-state index contributed by atoms with van der Waals surface area (Å²) in [6.07, 6.45) is 4.61. The summed E-state index contributed by atoms with van der Waals surface area (Å²) in [5.74, 6) is 2.57. The molecule has 1 saturated carbocycles. The maximum atomic E-state index is 12.7. The number of hydrogen-bond acceptors (Lipinski definition) is 3.